The van der Waals surface area contributed by atoms with E-state index in [1.807, 2.05) is 0 Å². The molecule has 0 aliphatic carbocycles. The lowest BCUT2D eigenvalue weighted by molar-refractivity contribution is 0.413. The second kappa shape index (κ2) is 9.08. The molecular formula is C19H17ClN4O3S2. The SMILES string of the molecule is COc1ccc(NC(=S)Nc2cccnc2)c(S(=O)(=O)Nc2ccc(Cl)cc2)c1. The van der Waals surface area contributed by atoms with Gasteiger partial charge in [0, 0.05) is 23.0 Å². The zero-order chi connectivity index (χ0) is 20.9. The fourth-order valence-corrected chi connectivity index (χ4v) is 3.99. The molecule has 7 nitrogen and oxygen atoms in total. The molecule has 0 radical (unpaired) electrons. The maximum absolute atomic E-state index is 13.0. The highest BCUT2D eigenvalue weighted by Crippen LogP contribution is 2.28. The van der Waals surface area contributed by atoms with Crippen LogP contribution in [0, 0.1) is 0 Å². The van der Waals surface area contributed by atoms with E-state index in [0.717, 1.165) is 0 Å². The van der Waals surface area contributed by atoms with E-state index in [9.17, 15) is 8.42 Å². The molecule has 2 aromatic carbocycles. The summed E-state index contributed by atoms with van der Waals surface area (Å²) in [4.78, 5) is 3.97. The van der Waals surface area contributed by atoms with Gasteiger partial charge in [0.25, 0.3) is 10.0 Å². The highest BCUT2D eigenvalue weighted by molar-refractivity contribution is 7.93. The summed E-state index contributed by atoms with van der Waals surface area (Å²) in [6.45, 7) is 0. The number of benzene rings is 2. The molecule has 0 atom stereocenters. The summed E-state index contributed by atoms with van der Waals surface area (Å²) < 4.78 is 33.7. The Hall–Kier alpha value is -2.88. The molecule has 10 heteroatoms. The third kappa shape index (κ3) is 5.57. The number of anilines is 3. The summed E-state index contributed by atoms with van der Waals surface area (Å²) in [7, 11) is -2.48. The minimum absolute atomic E-state index is 0.0258. The second-order valence-electron chi connectivity index (χ2n) is 5.80. The van der Waals surface area contributed by atoms with Crippen molar-refractivity contribution >= 4 is 56.0 Å². The van der Waals surface area contributed by atoms with Crippen molar-refractivity contribution in [3.63, 3.8) is 0 Å². The van der Waals surface area contributed by atoms with Crippen molar-refractivity contribution in [3.05, 3.63) is 72.0 Å². The van der Waals surface area contributed by atoms with Gasteiger partial charge in [0.2, 0.25) is 0 Å². The second-order valence-corrected chi connectivity index (χ2v) is 8.29. The summed E-state index contributed by atoms with van der Waals surface area (Å²) in [5.41, 5.74) is 1.33. The predicted octanol–water partition coefficient (Wildman–Crippen LogP) is 4.35. The normalized spacial score (nSPS) is 10.8. The number of pyridine rings is 1. The number of thiocarbonyl (C=S) groups is 1. The van der Waals surface area contributed by atoms with Crippen molar-refractivity contribution in [1.29, 1.82) is 0 Å². The molecule has 29 heavy (non-hydrogen) atoms. The lowest BCUT2D eigenvalue weighted by Crippen LogP contribution is -2.22. The van der Waals surface area contributed by atoms with E-state index >= 15 is 0 Å². The summed E-state index contributed by atoms with van der Waals surface area (Å²) in [6, 6.07) is 14.5. The molecule has 0 aliphatic heterocycles. The Labute approximate surface area is 179 Å². The zero-order valence-electron chi connectivity index (χ0n) is 15.2. The number of nitrogens with zero attached hydrogens (tertiary/aromatic N) is 1. The lowest BCUT2D eigenvalue weighted by Gasteiger charge is -2.16. The van der Waals surface area contributed by atoms with Gasteiger partial charge in [-0.1, -0.05) is 11.6 Å². The van der Waals surface area contributed by atoms with E-state index in [-0.39, 0.29) is 15.7 Å². The number of aromatic nitrogens is 1. The van der Waals surface area contributed by atoms with Gasteiger partial charge in [-0.2, -0.15) is 0 Å². The first-order valence-electron chi connectivity index (χ1n) is 8.32. The van der Waals surface area contributed by atoms with Crippen LogP contribution in [0.15, 0.2) is 71.9 Å². The summed E-state index contributed by atoms with van der Waals surface area (Å²) in [5.74, 6) is 0.387. The quantitative estimate of drug-likeness (QED) is 0.482. The Kier molecular flexibility index (Phi) is 6.53. The molecule has 0 unspecified atom stereocenters. The first-order chi connectivity index (χ1) is 13.9. The van der Waals surface area contributed by atoms with Crippen LogP contribution < -0.4 is 20.1 Å². The van der Waals surface area contributed by atoms with Gasteiger partial charge < -0.3 is 15.4 Å². The smallest absolute Gasteiger partial charge is 0.264 e. The monoisotopic (exact) mass is 448 g/mol. The van der Waals surface area contributed by atoms with Gasteiger partial charge in [-0.15, -0.1) is 0 Å². The molecule has 1 heterocycles. The topological polar surface area (TPSA) is 92.3 Å². The van der Waals surface area contributed by atoms with Crippen LogP contribution in [-0.2, 0) is 10.0 Å². The average molecular weight is 449 g/mol. The van der Waals surface area contributed by atoms with Crippen molar-refractivity contribution < 1.29 is 13.2 Å². The fraction of sp³-hybridized carbons (Fsp3) is 0.0526. The number of ether oxygens (including phenoxy) is 1. The number of halogens is 1. The third-order valence-corrected chi connectivity index (χ3v) is 5.62. The summed E-state index contributed by atoms with van der Waals surface area (Å²) in [5, 5.41) is 6.58. The van der Waals surface area contributed by atoms with Crippen molar-refractivity contribution in [3.8, 4) is 5.75 Å². The molecule has 0 aliphatic rings. The van der Waals surface area contributed by atoms with Crippen LogP contribution in [0.3, 0.4) is 0 Å². The van der Waals surface area contributed by atoms with E-state index in [0.29, 0.717) is 22.1 Å². The van der Waals surface area contributed by atoms with Gasteiger partial charge in [0.05, 0.1) is 24.7 Å². The highest BCUT2D eigenvalue weighted by atomic mass is 35.5. The van der Waals surface area contributed by atoms with Crippen molar-refractivity contribution in [2.75, 3.05) is 22.5 Å². The molecule has 3 rings (SSSR count). The minimum atomic E-state index is -3.94. The maximum Gasteiger partial charge on any atom is 0.264 e. The van der Waals surface area contributed by atoms with Gasteiger partial charge in [-0.25, -0.2) is 8.42 Å². The van der Waals surface area contributed by atoms with Crippen LogP contribution in [-0.4, -0.2) is 25.6 Å². The zero-order valence-corrected chi connectivity index (χ0v) is 17.6. The van der Waals surface area contributed by atoms with E-state index in [1.165, 1.54) is 13.2 Å². The largest absolute Gasteiger partial charge is 0.497 e. The molecule has 150 valence electrons. The van der Waals surface area contributed by atoms with Crippen LogP contribution >= 0.6 is 23.8 Å². The van der Waals surface area contributed by atoms with Gasteiger partial charge in [-0.3, -0.25) is 9.71 Å². The molecule has 3 N–H and O–H groups in total. The Bertz CT molecular complexity index is 1110. The predicted molar refractivity (Wildman–Crippen MR) is 119 cm³/mol. The molecule has 3 aromatic rings. The number of methoxy groups -OCH3 is 1. The molecule has 0 saturated carbocycles. The minimum Gasteiger partial charge on any atom is -0.497 e. The molecule has 0 bridgehead atoms. The number of rotatable bonds is 6. The Morgan fingerprint density at radius 2 is 1.83 bits per heavy atom. The number of nitrogens with one attached hydrogen (secondary N) is 3. The van der Waals surface area contributed by atoms with Gasteiger partial charge in [0.15, 0.2) is 5.11 Å². The first-order valence-corrected chi connectivity index (χ1v) is 10.6. The fourth-order valence-electron chi connectivity index (χ4n) is 2.40. The van der Waals surface area contributed by atoms with Crippen LogP contribution in [0.1, 0.15) is 0 Å². The maximum atomic E-state index is 13.0. The van der Waals surface area contributed by atoms with Crippen LogP contribution in [0.25, 0.3) is 0 Å². The molecule has 0 spiro atoms. The van der Waals surface area contributed by atoms with Crippen LogP contribution in [0.5, 0.6) is 5.75 Å². The van der Waals surface area contributed by atoms with E-state index in [1.54, 1.807) is 60.9 Å². The van der Waals surface area contributed by atoms with Gasteiger partial charge in [-0.05, 0) is 60.7 Å². The number of sulfonamides is 1. The third-order valence-electron chi connectivity index (χ3n) is 3.74. The van der Waals surface area contributed by atoms with E-state index < -0.39 is 10.0 Å². The van der Waals surface area contributed by atoms with Crippen molar-refractivity contribution in [2.45, 2.75) is 4.90 Å². The summed E-state index contributed by atoms with van der Waals surface area (Å²) in [6.07, 6.45) is 3.24. The molecule has 0 amide bonds. The van der Waals surface area contributed by atoms with Gasteiger partial charge in [0.1, 0.15) is 10.6 Å². The highest BCUT2D eigenvalue weighted by Gasteiger charge is 2.21. The van der Waals surface area contributed by atoms with Gasteiger partial charge >= 0.3 is 0 Å². The Morgan fingerprint density at radius 1 is 1.07 bits per heavy atom. The molecular weight excluding hydrogens is 432 g/mol. The molecule has 0 fully saturated rings. The van der Waals surface area contributed by atoms with Crippen LogP contribution in [0.2, 0.25) is 5.02 Å². The first kappa shape index (κ1) is 20.8. The number of hydrogen-bond acceptors (Lipinski definition) is 5. The molecule has 1 aromatic heterocycles. The van der Waals surface area contributed by atoms with Crippen LogP contribution in [0.4, 0.5) is 17.1 Å². The van der Waals surface area contributed by atoms with E-state index in [2.05, 4.69) is 20.3 Å². The Balaban J connectivity index is 1.88. The van der Waals surface area contributed by atoms with Crippen molar-refractivity contribution in [1.82, 2.24) is 4.98 Å². The lowest BCUT2D eigenvalue weighted by atomic mass is 10.3. The Morgan fingerprint density at radius 3 is 2.48 bits per heavy atom. The average Bonchev–Trinajstić information content (AvgIpc) is 2.70. The molecule has 0 saturated heterocycles. The van der Waals surface area contributed by atoms with E-state index in [4.69, 9.17) is 28.6 Å². The standard InChI is InChI=1S/C19H17ClN4O3S2/c1-27-16-8-9-17(23-19(28)22-15-3-2-10-21-12-15)18(11-16)29(25,26)24-14-6-4-13(20)5-7-14/h2-12,24H,1H3,(H2,22,23,28). The van der Waals surface area contributed by atoms with Crippen molar-refractivity contribution in [2.24, 2.45) is 0 Å². The summed E-state index contributed by atoms with van der Waals surface area (Å²) >= 11 is 11.2. The number of hydrogen-bond donors (Lipinski definition) is 3.